The molecule has 0 unspecified atom stereocenters. The zero-order valence-corrected chi connectivity index (χ0v) is 19.4. The van der Waals surface area contributed by atoms with Crippen molar-refractivity contribution in [3.8, 4) is 5.75 Å². The lowest BCUT2D eigenvalue weighted by atomic mass is 9.97. The van der Waals surface area contributed by atoms with E-state index in [-0.39, 0.29) is 23.7 Å². The number of hydrogen-bond acceptors (Lipinski definition) is 5. The first kappa shape index (κ1) is 22.4. The second-order valence-electron chi connectivity index (χ2n) is 8.75. The highest BCUT2D eigenvalue weighted by Gasteiger charge is 2.42. The van der Waals surface area contributed by atoms with E-state index >= 15 is 0 Å². The highest BCUT2D eigenvalue weighted by molar-refractivity contribution is 5.99. The summed E-state index contributed by atoms with van der Waals surface area (Å²) in [4.78, 5) is 40.0. The van der Waals surface area contributed by atoms with Crippen LogP contribution in [0.1, 0.15) is 44.4 Å². The molecular weight excluding hydrogens is 444 g/mol. The van der Waals surface area contributed by atoms with Gasteiger partial charge in [-0.05, 0) is 60.4 Å². The van der Waals surface area contributed by atoms with Gasteiger partial charge in [0.2, 0.25) is 5.76 Å². The van der Waals surface area contributed by atoms with Crippen LogP contribution in [-0.2, 0) is 11.3 Å². The van der Waals surface area contributed by atoms with Crippen LogP contribution in [0.5, 0.6) is 5.75 Å². The minimum Gasteiger partial charge on any atom is -0.484 e. The van der Waals surface area contributed by atoms with E-state index < -0.39 is 11.9 Å². The van der Waals surface area contributed by atoms with Crippen molar-refractivity contribution in [1.82, 2.24) is 4.90 Å². The van der Waals surface area contributed by atoms with Crippen molar-refractivity contribution in [2.45, 2.75) is 26.4 Å². The molecule has 0 bridgehead atoms. The quantitative estimate of drug-likeness (QED) is 0.460. The van der Waals surface area contributed by atoms with E-state index in [9.17, 15) is 14.4 Å². The number of carbonyl (C=O) groups is 2. The number of fused-ring (bicyclic) bond motifs is 2. The van der Waals surface area contributed by atoms with Crippen LogP contribution in [0.15, 0.2) is 75.9 Å². The SMILES string of the molecule is Cc1cc2oc3c(c(=O)c2cc1C)[C@H](c1ccc(OCC(N)=O)cc1)N(Cc1ccccc1)C3=O. The Balaban J connectivity index is 1.65. The molecule has 3 aromatic carbocycles. The van der Waals surface area contributed by atoms with Crippen LogP contribution in [-0.4, -0.2) is 23.3 Å². The molecule has 7 heteroatoms. The first-order valence-corrected chi connectivity index (χ1v) is 11.3. The topological polar surface area (TPSA) is 103 Å². The van der Waals surface area contributed by atoms with Gasteiger partial charge in [-0.15, -0.1) is 0 Å². The van der Waals surface area contributed by atoms with Crippen molar-refractivity contribution in [2.24, 2.45) is 5.73 Å². The second-order valence-corrected chi connectivity index (χ2v) is 8.75. The van der Waals surface area contributed by atoms with Crippen LogP contribution < -0.4 is 15.9 Å². The van der Waals surface area contributed by atoms with Gasteiger partial charge in [0.25, 0.3) is 11.8 Å². The third-order valence-corrected chi connectivity index (χ3v) is 6.35. The molecule has 35 heavy (non-hydrogen) atoms. The summed E-state index contributed by atoms with van der Waals surface area (Å²) in [6.07, 6.45) is 0. The molecule has 0 aliphatic carbocycles. The average molecular weight is 469 g/mol. The molecule has 2 N–H and O–H groups in total. The van der Waals surface area contributed by atoms with Crippen LogP contribution in [0.4, 0.5) is 0 Å². The molecule has 0 spiro atoms. The molecule has 0 radical (unpaired) electrons. The summed E-state index contributed by atoms with van der Waals surface area (Å²) >= 11 is 0. The van der Waals surface area contributed by atoms with Crippen molar-refractivity contribution >= 4 is 22.8 Å². The molecule has 176 valence electrons. The molecule has 2 amide bonds. The van der Waals surface area contributed by atoms with Crippen LogP contribution in [0.3, 0.4) is 0 Å². The van der Waals surface area contributed by atoms with Crippen molar-refractivity contribution in [1.29, 1.82) is 0 Å². The van der Waals surface area contributed by atoms with Gasteiger partial charge in [-0.2, -0.15) is 0 Å². The lowest BCUT2D eigenvalue weighted by molar-refractivity contribution is -0.119. The molecular formula is C28H24N2O5. The first-order chi connectivity index (χ1) is 16.8. The van der Waals surface area contributed by atoms with Gasteiger partial charge >= 0.3 is 0 Å². The van der Waals surface area contributed by atoms with Crippen molar-refractivity contribution in [3.63, 3.8) is 0 Å². The Labute approximate surface area is 201 Å². The van der Waals surface area contributed by atoms with E-state index in [2.05, 4.69) is 0 Å². The van der Waals surface area contributed by atoms with Crippen molar-refractivity contribution < 1.29 is 18.7 Å². The summed E-state index contributed by atoms with van der Waals surface area (Å²) in [6, 6.07) is 19.5. The normalized spacial score (nSPS) is 14.9. The summed E-state index contributed by atoms with van der Waals surface area (Å²) < 4.78 is 11.4. The van der Waals surface area contributed by atoms with Gasteiger partial charge in [0.15, 0.2) is 12.0 Å². The van der Waals surface area contributed by atoms with Crippen molar-refractivity contribution in [2.75, 3.05) is 6.61 Å². The van der Waals surface area contributed by atoms with Gasteiger partial charge in [-0.25, -0.2) is 0 Å². The molecule has 4 aromatic rings. The molecule has 0 saturated carbocycles. The fourth-order valence-corrected chi connectivity index (χ4v) is 4.47. The van der Waals surface area contributed by atoms with E-state index in [1.807, 2.05) is 50.2 Å². The zero-order valence-electron chi connectivity index (χ0n) is 19.4. The minimum absolute atomic E-state index is 0.0701. The standard InChI is InChI=1S/C28H24N2O5/c1-16-12-21-22(13-17(16)2)35-27-24(26(21)32)25(19-8-10-20(11-9-19)34-15-23(29)31)30(28(27)33)14-18-6-4-3-5-7-18/h3-13,25H,14-15H2,1-2H3,(H2,29,31)/t25-/m0/s1. The molecule has 0 saturated heterocycles. The van der Waals surface area contributed by atoms with E-state index in [4.69, 9.17) is 14.9 Å². The predicted octanol–water partition coefficient (Wildman–Crippen LogP) is 4.02. The predicted molar refractivity (Wildman–Crippen MR) is 131 cm³/mol. The van der Waals surface area contributed by atoms with E-state index in [1.54, 1.807) is 35.2 Å². The molecule has 5 rings (SSSR count). The summed E-state index contributed by atoms with van der Waals surface area (Å²) in [5, 5.41) is 0.452. The van der Waals surface area contributed by atoms with Gasteiger partial charge in [0, 0.05) is 6.54 Å². The van der Waals surface area contributed by atoms with E-state index in [0.29, 0.717) is 28.8 Å². The van der Waals surface area contributed by atoms with Gasteiger partial charge in [0.05, 0.1) is 17.0 Å². The Kier molecular flexibility index (Phi) is 5.61. The average Bonchev–Trinajstić information content (AvgIpc) is 3.12. The maximum atomic E-state index is 13.7. The number of benzene rings is 3. The first-order valence-electron chi connectivity index (χ1n) is 11.3. The molecule has 1 aliphatic heterocycles. The highest BCUT2D eigenvalue weighted by Crippen LogP contribution is 2.39. The van der Waals surface area contributed by atoms with Crippen molar-refractivity contribution in [3.05, 3.63) is 111 Å². The lowest BCUT2D eigenvalue weighted by Gasteiger charge is -2.25. The molecule has 1 aliphatic rings. The maximum absolute atomic E-state index is 13.7. The Bertz CT molecular complexity index is 1510. The summed E-state index contributed by atoms with van der Waals surface area (Å²) in [6.45, 7) is 3.95. The number of amides is 2. The monoisotopic (exact) mass is 468 g/mol. The van der Waals surface area contributed by atoms with Crippen LogP contribution in [0.2, 0.25) is 0 Å². The number of aryl methyl sites for hydroxylation is 2. The zero-order chi connectivity index (χ0) is 24.7. The summed E-state index contributed by atoms with van der Waals surface area (Å²) in [5.74, 6) is -0.377. The third kappa shape index (κ3) is 4.05. The molecule has 1 aromatic heterocycles. The highest BCUT2D eigenvalue weighted by atomic mass is 16.5. The van der Waals surface area contributed by atoms with Gasteiger partial charge in [-0.1, -0.05) is 42.5 Å². The van der Waals surface area contributed by atoms with Gasteiger partial charge in [0.1, 0.15) is 11.3 Å². The van der Waals surface area contributed by atoms with Gasteiger partial charge in [-0.3, -0.25) is 14.4 Å². The number of hydrogen-bond donors (Lipinski definition) is 1. The second kappa shape index (κ2) is 8.76. The summed E-state index contributed by atoms with van der Waals surface area (Å²) in [7, 11) is 0. The number of carbonyl (C=O) groups excluding carboxylic acids is 2. The Hall–Kier alpha value is -4.39. The van der Waals surface area contributed by atoms with E-state index in [0.717, 1.165) is 22.3 Å². The smallest absolute Gasteiger partial charge is 0.291 e. The molecule has 2 heterocycles. The molecule has 1 atom stereocenters. The minimum atomic E-state index is -0.634. The van der Waals surface area contributed by atoms with Crippen LogP contribution >= 0.6 is 0 Å². The van der Waals surface area contributed by atoms with Crippen LogP contribution in [0, 0.1) is 13.8 Å². The van der Waals surface area contributed by atoms with Gasteiger partial charge < -0.3 is 19.8 Å². The molecule has 7 nitrogen and oxygen atoms in total. The van der Waals surface area contributed by atoms with E-state index in [1.165, 1.54) is 0 Å². The Morgan fingerprint density at radius 3 is 2.37 bits per heavy atom. The Morgan fingerprint density at radius 1 is 1.00 bits per heavy atom. The fraction of sp³-hybridized carbons (Fsp3) is 0.179. The number of nitrogens with two attached hydrogens (primary N) is 1. The maximum Gasteiger partial charge on any atom is 0.291 e. The largest absolute Gasteiger partial charge is 0.484 e. The number of nitrogens with zero attached hydrogens (tertiary/aromatic N) is 1. The van der Waals surface area contributed by atoms with Crippen LogP contribution in [0.25, 0.3) is 11.0 Å². The summed E-state index contributed by atoms with van der Waals surface area (Å²) in [5.41, 5.74) is 9.29. The number of primary amides is 1. The fourth-order valence-electron chi connectivity index (χ4n) is 4.47. The third-order valence-electron chi connectivity index (χ3n) is 6.35. The lowest BCUT2D eigenvalue weighted by Crippen LogP contribution is -2.29. The molecule has 0 fully saturated rings. The number of ether oxygens (including phenoxy) is 1. The number of rotatable bonds is 6. The Morgan fingerprint density at radius 2 is 1.69 bits per heavy atom.